The third kappa shape index (κ3) is 2.59. The van der Waals surface area contributed by atoms with Gasteiger partial charge in [0, 0.05) is 30.3 Å². The molecule has 15 heavy (non-hydrogen) atoms. The highest BCUT2D eigenvalue weighted by molar-refractivity contribution is 5.41. The Hall–Kier alpha value is -1.29. The Bertz CT molecular complexity index is 408. The summed E-state index contributed by atoms with van der Waals surface area (Å²) in [6, 6.07) is 3.07. The Labute approximate surface area is 89.3 Å². The van der Waals surface area contributed by atoms with Gasteiger partial charge in [-0.05, 0) is 13.0 Å². The zero-order chi connectivity index (χ0) is 11.6. The topological polar surface area (TPSA) is 68.2 Å². The Morgan fingerprint density at radius 1 is 1.47 bits per heavy atom. The van der Waals surface area contributed by atoms with Crippen molar-refractivity contribution in [2.45, 2.75) is 27.3 Å². The number of nitrogen functional groups attached to an aromatic ring is 1. The molecule has 0 aliphatic carbocycles. The molecule has 1 heterocycles. The molecule has 0 aliphatic heterocycles. The number of hydrogen-bond acceptors (Lipinski definition) is 3. The average Bonchev–Trinajstić information content (AvgIpc) is 2.19. The molecule has 0 saturated heterocycles. The van der Waals surface area contributed by atoms with Gasteiger partial charge < -0.3 is 15.4 Å². The fourth-order valence-corrected chi connectivity index (χ4v) is 1.37. The second-order valence-electron chi connectivity index (χ2n) is 4.62. The molecule has 84 valence electrons. The second kappa shape index (κ2) is 4.06. The number of hydrogen-bond donors (Lipinski definition) is 2. The van der Waals surface area contributed by atoms with Gasteiger partial charge in [-0.2, -0.15) is 0 Å². The van der Waals surface area contributed by atoms with Gasteiger partial charge in [0.1, 0.15) is 0 Å². The lowest BCUT2D eigenvalue weighted by molar-refractivity contribution is 0.139. The first-order valence-corrected chi connectivity index (χ1v) is 4.94. The number of aromatic nitrogens is 1. The van der Waals surface area contributed by atoms with E-state index in [-0.39, 0.29) is 17.6 Å². The molecule has 0 fully saturated rings. The summed E-state index contributed by atoms with van der Waals surface area (Å²) in [5.41, 5.74) is 6.68. The molecule has 0 bridgehead atoms. The van der Waals surface area contributed by atoms with Crippen LogP contribution in [-0.4, -0.2) is 16.3 Å². The van der Waals surface area contributed by atoms with Crippen molar-refractivity contribution in [1.82, 2.24) is 4.57 Å². The maximum Gasteiger partial charge on any atom is 0.250 e. The quantitative estimate of drug-likeness (QED) is 0.773. The maximum atomic E-state index is 11.6. The fraction of sp³-hybridized carbons (Fsp3) is 0.545. The number of pyridine rings is 1. The molecule has 0 saturated carbocycles. The lowest BCUT2D eigenvalue weighted by atomic mass is 9.94. The van der Waals surface area contributed by atoms with Crippen molar-refractivity contribution in [3.63, 3.8) is 0 Å². The molecule has 0 spiro atoms. The number of aliphatic hydroxyl groups excluding tert-OH is 1. The van der Waals surface area contributed by atoms with Crippen molar-refractivity contribution in [1.29, 1.82) is 0 Å². The first-order chi connectivity index (χ1) is 6.87. The van der Waals surface area contributed by atoms with E-state index in [9.17, 15) is 4.79 Å². The van der Waals surface area contributed by atoms with Crippen molar-refractivity contribution >= 4 is 5.69 Å². The van der Waals surface area contributed by atoms with Gasteiger partial charge in [-0.3, -0.25) is 4.79 Å². The first kappa shape index (κ1) is 11.8. The molecule has 3 N–H and O–H groups in total. The van der Waals surface area contributed by atoms with Crippen LogP contribution in [0, 0.1) is 12.3 Å². The molecule has 0 radical (unpaired) electrons. The minimum atomic E-state index is -0.317. The van der Waals surface area contributed by atoms with E-state index in [4.69, 9.17) is 10.8 Å². The van der Waals surface area contributed by atoms with Crippen molar-refractivity contribution in [2.75, 3.05) is 12.3 Å². The van der Waals surface area contributed by atoms with Crippen LogP contribution in [-0.2, 0) is 6.54 Å². The number of anilines is 1. The number of nitrogens with two attached hydrogens (primary N) is 1. The largest absolute Gasteiger partial charge is 0.397 e. The van der Waals surface area contributed by atoms with Crippen molar-refractivity contribution in [2.24, 2.45) is 5.41 Å². The second-order valence-corrected chi connectivity index (χ2v) is 4.62. The molecule has 0 aromatic carbocycles. The lowest BCUT2D eigenvalue weighted by Gasteiger charge is -2.24. The third-order valence-electron chi connectivity index (χ3n) is 2.51. The highest BCUT2D eigenvalue weighted by atomic mass is 16.3. The molecule has 0 atom stereocenters. The normalized spacial score (nSPS) is 11.7. The Balaban J connectivity index is 3.15. The van der Waals surface area contributed by atoms with Crippen LogP contribution < -0.4 is 11.3 Å². The van der Waals surface area contributed by atoms with Crippen molar-refractivity contribution in [3.8, 4) is 0 Å². The van der Waals surface area contributed by atoms with Crippen LogP contribution in [0.15, 0.2) is 16.9 Å². The zero-order valence-corrected chi connectivity index (χ0v) is 9.45. The van der Waals surface area contributed by atoms with E-state index < -0.39 is 0 Å². The van der Waals surface area contributed by atoms with Crippen molar-refractivity contribution < 1.29 is 5.11 Å². The molecule has 0 unspecified atom stereocenters. The summed E-state index contributed by atoms with van der Waals surface area (Å²) < 4.78 is 1.60. The zero-order valence-electron chi connectivity index (χ0n) is 9.45. The molecule has 4 nitrogen and oxygen atoms in total. The maximum absolute atomic E-state index is 11.6. The van der Waals surface area contributed by atoms with E-state index in [0.29, 0.717) is 12.2 Å². The molecular formula is C11H18N2O2. The standard InChI is InChI=1S/C11H18N2O2/c1-8-9(12)4-5-10(15)13(8)6-11(2,3)7-14/h4-5,14H,6-7,12H2,1-3H3. The SMILES string of the molecule is Cc1c(N)ccc(=O)n1CC(C)(C)CO. The van der Waals surface area contributed by atoms with Gasteiger partial charge in [0.25, 0.3) is 5.56 Å². The summed E-state index contributed by atoms with van der Waals surface area (Å²) in [5, 5.41) is 9.16. The minimum absolute atomic E-state index is 0.0354. The van der Waals surface area contributed by atoms with Crippen LogP contribution in [0.3, 0.4) is 0 Å². The van der Waals surface area contributed by atoms with E-state index >= 15 is 0 Å². The summed E-state index contributed by atoms with van der Waals surface area (Å²) in [6.45, 7) is 6.13. The Morgan fingerprint density at radius 3 is 2.60 bits per heavy atom. The van der Waals surface area contributed by atoms with Gasteiger partial charge in [-0.25, -0.2) is 0 Å². The third-order valence-corrected chi connectivity index (χ3v) is 2.51. The van der Waals surface area contributed by atoms with Gasteiger partial charge >= 0.3 is 0 Å². The average molecular weight is 210 g/mol. The Kier molecular flexibility index (Phi) is 3.19. The summed E-state index contributed by atoms with van der Waals surface area (Å²) in [6.07, 6.45) is 0. The highest BCUT2D eigenvalue weighted by Gasteiger charge is 2.19. The van der Waals surface area contributed by atoms with Crippen LogP contribution in [0.4, 0.5) is 5.69 Å². The monoisotopic (exact) mass is 210 g/mol. The summed E-state index contributed by atoms with van der Waals surface area (Å²) in [5.74, 6) is 0. The molecular weight excluding hydrogens is 192 g/mol. The van der Waals surface area contributed by atoms with E-state index in [1.165, 1.54) is 6.07 Å². The number of nitrogens with zero attached hydrogens (tertiary/aromatic N) is 1. The van der Waals surface area contributed by atoms with Gasteiger partial charge in [-0.1, -0.05) is 13.8 Å². The van der Waals surface area contributed by atoms with Crippen LogP contribution in [0.2, 0.25) is 0 Å². The number of aliphatic hydroxyl groups is 1. The van der Waals surface area contributed by atoms with E-state index in [1.54, 1.807) is 10.6 Å². The van der Waals surface area contributed by atoms with Crippen LogP contribution in [0.5, 0.6) is 0 Å². The predicted octanol–water partition coefficient (Wildman–Crippen LogP) is 0.757. The number of rotatable bonds is 3. The van der Waals surface area contributed by atoms with E-state index in [1.807, 2.05) is 20.8 Å². The predicted molar refractivity (Wildman–Crippen MR) is 60.7 cm³/mol. The lowest BCUT2D eigenvalue weighted by Crippen LogP contribution is -2.32. The summed E-state index contributed by atoms with van der Waals surface area (Å²) in [4.78, 5) is 11.6. The van der Waals surface area contributed by atoms with Crippen LogP contribution in [0.1, 0.15) is 19.5 Å². The fourth-order valence-electron chi connectivity index (χ4n) is 1.37. The van der Waals surface area contributed by atoms with Gasteiger partial charge in [0.2, 0.25) is 0 Å². The van der Waals surface area contributed by atoms with Crippen LogP contribution >= 0.6 is 0 Å². The minimum Gasteiger partial charge on any atom is -0.397 e. The van der Waals surface area contributed by atoms with Crippen LogP contribution in [0.25, 0.3) is 0 Å². The van der Waals surface area contributed by atoms with Gasteiger partial charge in [0.05, 0.1) is 5.69 Å². The molecule has 0 amide bonds. The van der Waals surface area contributed by atoms with Gasteiger partial charge in [-0.15, -0.1) is 0 Å². The highest BCUT2D eigenvalue weighted by Crippen LogP contribution is 2.18. The summed E-state index contributed by atoms with van der Waals surface area (Å²) >= 11 is 0. The molecule has 0 aliphatic rings. The first-order valence-electron chi connectivity index (χ1n) is 4.94. The van der Waals surface area contributed by atoms with Crippen molar-refractivity contribution in [3.05, 3.63) is 28.2 Å². The smallest absolute Gasteiger partial charge is 0.250 e. The van der Waals surface area contributed by atoms with Gasteiger partial charge in [0.15, 0.2) is 0 Å². The molecule has 1 rings (SSSR count). The Morgan fingerprint density at radius 2 is 2.07 bits per heavy atom. The molecule has 4 heteroatoms. The summed E-state index contributed by atoms with van der Waals surface area (Å²) in [7, 11) is 0. The van der Waals surface area contributed by atoms with E-state index in [0.717, 1.165) is 5.69 Å². The molecule has 1 aromatic heterocycles. The molecule has 1 aromatic rings. The van der Waals surface area contributed by atoms with E-state index in [2.05, 4.69) is 0 Å².